The van der Waals surface area contributed by atoms with E-state index in [0.717, 1.165) is 6.07 Å². The number of cyclic esters (lactones) is 1. The van der Waals surface area contributed by atoms with Gasteiger partial charge in [-0.15, -0.1) is 0 Å². The lowest BCUT2D eigenvalue weighted by Gasteiger charge is -2.32. The van der Waals surface area contributed by atoms with Crippen LogP contribution in [0.15, 0.2) is 36.4 Å². The molecule has 1 aliphatic rings. The number of nitrogens with one attached hydrogen (secondary N) is 2. The first kappa shape index (κ1) is 19.4. The zero-order valence-corrected chi connectivity index (χ0v) is 14.6. The number of hydrogen-bond donors (Lipinski definition) is 2. The molecule has 0 saturated carbocycles. The van der Waals surface area contributed by atoms with E-state index in [1.54, 1.807) is 24.3 Å². The maximum absolute atomic E-state index is 13.6. The van der Waals surface area contributed by atoms with Crippen LogP contribution in [0.5, 0.6) is 0 Å². The van der Waals surface area contributed by atoms with Crippen LogP contribution in [0.2, 0.25) is 0 Å². The summed E-state index contributed by atoms with van der Waals surface area (Å²) in [4.78, 5) is 36.4. The van der Waals surface area contributed by atoms with Crippen molar-refractivity contribution in [2.24, 2.45) is 0 Å². The summed E-state index contributed by atoms with van der Waals surface area (Å²) >= 11 is 0. The highest BCUT2D eigenvalue weighted by molar-refractivity contribution is 5.99. The summed E-state index contributed by atoms with van der Waals surface area (Å²) < 4.78 is 44.9. The van der Waals surface area contributed by atoms with Crippen molar-refractivity contribution < 1.29 is 32.3 Å². The van der Waals surface area contributed by atoms with E-state index in [1.165, 1.54) is 6.92 Å². The first-order chi connectivity index (χ1) is 13.2. The summed E-state index contributed by atoms with van der Waals surface area (Å²) in [6.07, 6.45) is 0.111. The second kappa shape index (κ2) is 7.34. The number of esters is 1. The lowest BCUT2D eigenvalue weighted by molar-refractivity contribution is -0.140. The van der Waals surface area contributed by atoms with Crippen LogP contribution in [0, 0.1) is 17.5 Å². The van der Waals surface area contributed by atoms with Crippen LogP contribution in [-0.2, 0) is 20.7 Å². The molecule has 2 aromatic carbocycles. The average molecular weight is 392 g/mol. The molecule has 9 heteroatoms. The van der Waals surface area contributed by atoms with Crippen molar-refractivity contribution in [1.82, 2.24) is 5.32 Å². The van der Waals surface area contributed by atoms with Gasteiger partial charge in [0.05, 0.1) is 17.8 Å². The molecule has 2 amide bonds. The van der Waals surface area contributed by atoms with Crippen molar-refractivity contribution in [3.8, 4) is 0 Å². The number of ether oxygens (including phenoxy) is 1. The van der Waals surface area contributed by atoms with Crippen molar-refractivity contribution in [3.05, 3.63) is 65.0 Å². The molecule has 1 atom stereocenters. The SMILES string of the molecule is CC1(C(=O)NCC(=O)Nc2ccc(F)c(F)c2F)Cc2ccccc2C(=O)O1. The van der Waals surface area contributed by atoms with Crippen LogP contribution in [0.3, 0.4) is 0 Å². The second-order valence-corrected chi connectivity index (χ2v) is 6.41. The molecule has 2 N–H and O–H groups in total. The first-order valence-corrected chi connectivity index (χ1v) is 8.24. The van der Waals surface area contributed by atoms with Gasteiger partial charge in [0.2, 0.25) is 5.91 Å². The summed E-state index contributed by atoms with van der Waals surface area (Å²) in [5, 5.41) is 4.32. The maximum atomic E-state index is 13.6. The minimum absolute atomic E-state index is 0.111. The van der Waals surface area contributed by atoms with Crippen molar-refractivity contribution in [1.29, 1.82) is 0 Å². The molecule has 0 fully saturated rings. The van der Waals surface area contributed by atoms with E-state index in [9.17, 15) is 27.6 Å². The number of fused-ring (bicyclic) bond motifs is 1. The molecule has 0 radical (unpaired) electrons. The third kappa shape index (κ3) is 3.68. The number of rotatable bonds is 4. The van der Waals surface area contributed by atoms with Crippen LogP contribution < -0.4 is 10.6 Å². The van der Waals surface area contributed by atoms with Gasteiger partial charge < -0.3 is 15.4 Å². The van der Waals surface area contributed by atoms with Crippen LogP contribution in [0.4, 0.5) is 18.9 Å². The molecular formula is C19H15F3N2O4. The van der Waals surface area contributed by atoms with Gasteiger partial charge in [0.25, 0.3) is 5.91 Å². The van der Waals surface area contributed by atoms with Crippen LogP contribution in [-0.4, -0.2) is 29.9 Å². The maximum Gasteiger partial charge on any atom is 0.339 e. The number of hydrogen-bond acceptors (Lipinski definition) is 4. The molecule has 0 aromatic heterocycles. The Bertz CT molecular complexity index is 980. The molecule has 3 rings (SSSR count). The fourth-order valence-corrected chi connectivity index (χ4v) is 2.82. The highest BCUT2D eigenvalue weighted by atomic mass is 19.2. The Balaban J connectivity index is 1.63. The van der Waals surface area contributed by atoms with Crippen molar-refractivity contribution in [3.63, 3.8) is 0 Å². The van der Waals surface area contributed by atoms with E-state index in [4.69, 9.17) is 4.74 Å². The molecule has 1 heterocycles. The zero-order chi connectivity index (χ0) is 20.5. The van der Waals surface area contributed by atoms with Crippen LogP contribution in [0.1, 0.15) is 22.8 Å². The zero-order valence-electron chi connectivity index (χ0n) is 14.6. The van der Waals surface area contributed by atoms with Gasteiger partial charge in [-0.1, -0.05) is 18.2 Å². The lowest BCUT2D eigenvalue weighted by Crippen LogP contribution is -2.52. The molecule has 0 bridgehead atoms. The standard InChI is InChI=1S/C19H15F3N2O4/c1-19(8-10-4-2-3-5-11(10)17(26)28-19)18(27)23-9-14(25)24-13-7-6-12(20)15(21)16(13)22/h2-7H,8-9H2,1H3,(H,23,27)(H,24,25). The molecule has 0 aliphatic carbocycles. The molecular weight excluding hydrogens is 377 g/mol. The van der Waals surface area contributed by atoms with Gasteiger partial charge in [-0.05, 0) is 30.7 Å². The second-order valence-electron chi connectivity index (χ2n) is 6.41. The van der Waals surface area contributed by atoms with E-state index in [1.807, 2.05) is 5.32 Å². The third-order valence-corrected chi connectivity index (χ3v) is 4.28. The summed E-state index contributed by atoms with van der Waals surface area (Å²) in [5.41, 5.74) is -1.11. The number of amides is 2. The highest BCUT2D eigenvalue weighted by Gasteiger charge is 2.42. The predicted octanol–water partition coefficient (Wildman–Crippen LogP) is 2.33. The third-order valence-electron chi connectivity index (χ3n) is 4.28. The minimum atomic E-state index is -1.72. The molecule has 146 valence electrons. The molecule has 0 spiro atoms. The molecule has 28 heavy (non-hydrogen) atoms. The topological polar surface area (TPSA) is 84.5 Å². The fraction of sp³-hybridized carbons (Fsp3) is 0.211. The Labute approximate surface area is 157 Å². The van der Waals surface area contributed by atoms with Gasteiger partial charge in [0.15, 0.2) is 23.1 Å². The molecule has 2 aromatic rings. The quantitative estimate of drug-likeness (QED) is 0.618. The fourth-order valence-electron chi connectivity index (χ4n) is 2.82. The Kier molecular flexibility index (Phi) is 5.08. The van der Waals surface area contributed by atoms with Gasteiger partial charge in [0.1, 0.15) is 0 Å². The summed E-state index contributed by atoms with van der Waals surface area (Å²) in [7, 11) is 0. The van der Waals surface area contributed by atoms with Crippen molar-refractivity contribution in [2.75, 3.05) is 11.9 Å². The van der Waals surface area contributed by atoms with Crippen LogP contribution >= 0.6 is 0 Å². The van der Waals surface area contributed by atoms with E-state index in [2.05, 4.69) is 5.32 Å². The van der Waals surface area contributed by atoms with E-state index in [-0.39, 0.29) is 6.42 Å². The molecule has 1 aliphatic heterocycles. The Hall–Kier alpha value is -3.36. The van der Waals surface area contributed by atoms with Crippen molar-refractivity contribution in [2.45, 2.75) is 18.9 Å². The van der Waals surface area contributed by atoms with Gasteiger partial charge in [-0.3, -0.25) is 9.59 Å². The average Bonchev–Trinajstić information content (AvgIpc) is 2.66. The van der Waals surface area contributed by atoms with Crippen molar-refractivity contribution >= 4 is 23.5 Å². The Morgan fingerprint density at radius 2 is 1.82 bits per heavy atom. The Morgan fingerprint density at radius 1 is 1.11 bits per heavy atom. The van der Waals surface area contributed by atoms with Gasteiger partial charge in [-0.2, -0.15) is 0 Å². The largest absolute Gasteiger partial charge is 0.445 e. The molecule has 6 nitrogen and oxygen atoms in total. The van der Waals surface area contributed by atoms with Gasteiger partial charge in [-0.25, -0.2) is 18.0 Å². The predicted molar refractivity (Wildman–Crippen MR) is 91.9 cm³/mol. The lowest BCUT2D eigenvalue weighted by atomic mass is 9.89. The number of carbonyl (C=O) groups excluding carboxylic acids is 3. The smallest absolute Gasteiger partial charge is 0.339 e. The number of halogens is 3. The highest BCUT2D eigenvalue weighted by Crippen LogP contribution is 2.28. The minimum Gasteiger partial charge on any atom is -0.445 e. The van der Waals surface area contributed by atoms with Gasteiger partial charge >= 0.3 is 5.97 Å². The number of benzene rings is 2. The summed E-state index contributed by atoms with van der Waals surface area (Å²) in [6.45, 7) is 0.815. The molecule has 0 saturated heterocycles. The summed E-state index contributed by atoms with van der Waals surface area (Å²) in [5.74, 6) is -6.92. The molecule has 1 unspecified atom stereocenters. The summed E-state index contributed by atoms with van der Waals surface area (Å²) in [6, 6.07) is 8.18. The number of carbonyl (C=O) groups is 3. The number of anilines is 1. The van der Waals surface area contributed by atoms with Crippen LogP contribution in [0.25, 0.3) is 0 Å². The normalized spacial score (nSPS) is 18.1. The van der Waals surface area contributed by atoms with Gasteiger partial charge in [0, 0.05) is 6.42 Å². The van der Waals surface area contributed by atoms with E-state index >= 15 is 0 Å². The Morgan fingerprint density at radius 3 is 2.57 bits per heavy atom. The van der Waals surface area contributed by atoms with E-state index in [0.29, 0.717) is 17.2 Å². The monoisotopic (exact) mass is 392 g/mol. The van der Waals surface area contributed by atoms with E-state index < -0.39 is 53.1 Å². The first-order valence-electron chi connectivity index (χ1n) is 8.24.